The highest BCUT2D eigenvalue weighted by Gasteiger charge is 2.33. The molecule has 2 aliphatic rings. The minimum absolute atomic E-state index is 0. The van der Waals surface area contributed by atoms with Gasteiger partial charge in [-0.15, -0.1) is 24.0 Å². The molecule has 1 heterocycles. The Bertz CT molecular complexity index is 679. The predicted octanol–water partition coefficient (Wildman–Crippen LogP) is 4.29. The lowest BCUT2D eigenvalue weighted by Gasteiger charge is -2.30. The van der Waals surface area contributed by atoms with Gasteiger partial charge >= 0.3 is 0 Å². The lowest BCUT2D eigenvalue weighted by molar-refractivity contribution is 0.105. The number of rotatable bonds is 10. The molecule has 1 unspecified atom stereocenters. The molecule has 1 saturated carbocycles. The zero-order chi connectivity index (χ0) is 21.2. The fourth-order valence-corrected chi connectivity index (χ4v) is 4.92. The molecule has 0 amide bonds. The maximum Gasteiger partial charge on any atom is 0.191 e. The first-order valence-electron chi connectivity index (χ1n) is 11.6. The SMILES string of the molecule is CCOCCC1(CNC(=NC)NCC2CCN(c3ccccc3OC)C2)CCCC1.I. The van der Waals surface area contributed by atoms with Crippen molar-refractivity contribution in [3.05, 3.63) is 24.3 Å². The summed E-state index contributed by atoms with van der Waals surface area (Å²) in [5.41, 5.74) is 1.56. The van der Waals surface area contributed by atoms with E-state index in [1.807, 2.05) is 19.2 Å². The van der Waals surface area contributed by atoms with Gasteiger partial charge in [-0.2, -0.15) is 0 Å². The molecule has 1 aliphatic carbocycles. The summed E-state index contributed by atoms with van der Waals surface area (Å²) in [6.07, 6.45) is 7.57. The Hall–Kier alpha value is -1.22. The summed E-state index contributed by atoms with van der Waals surface area (Å²) >= 11 is 0. The molecule has 7 heteroatoms. The van der Waals surface area contributed by atoms with Gasteiger partial charge in [-0.1, -0.05) is 25.0 Å². The van der Waals surface area contributed by atoms with E-state index in [2.05, 4.69) is 39.6 Å². The molecule has 0 aromatic heterocycles. The van der Waals surface area contributed by atoms with Crippen LogP contribution in [-0.2, 0) is 4.74 Å². The molecule has 2 fully saturated rings. The van der Waals surface area contributed by atoms with Crippen molar-refractivity contribution in [1.82, 2.24) is 10.6 Å². The Morgan fingerprint density at radius 3 is 2.71 bits per heavy atom. The number of nitrogens with zero attached hydrogens (tertiary/aromatic N) is 2. The first-order chi connectivity index (χ1) is 14.7. The average molecular weight is 545 g/mol. The van der Waals surface area contributed by atoms with Crippen molar-refractivity contribution in [2.75, 3.05) is 58.5 Å². The monoisotopic (exact) mass is 544 g/mol. The van der Waals surface area contributed by atoms with Crippen LogP contribution in [0, 0.1) is 11.3 Å². The van der Waals surface area contributed by atoms with E-state index in [9.17, 15) is 0 Å². The third-order valence-corrected chi connectivity index (χ3v) is 6.77. The second-order valence-electron chi connectivity index (χ2n) is 8.73. The predicted molar refractivity (Wildman–Crippen MR) is 140 cm³/mol. The summed E-state index contributed by atoms with van der Waals surface area (Å²) in [5, 5.41) is 7.18. The Labute approximate surface area is 205 Å². The zero-order valence-corrected chi connectivity index (χ0v) is 21.8. The third kappa shape index (κ3) is 7.41. The summed E-state index contributed by atoms with van der Waals surface area (Å²) in [7, 11) is 3.61. The van der Waals surface area contributed by atoms with Crippen molar-refractivity contribution in [3.63, 3.8) is 0 Å². The number of aliphatic imine (C=N–C) groups is 1. The van der Waals surface area contributed by atoms with E-state index in [0.717, 1.165) is 57.5 Å². The lowest BCUT2D eigenvalue weighted by Crippen LogP contribution is -2.45. The Morgan fingerprint density at radius 2 is 2.00 bits per heavy atom. The van der Waals surface area contributed by atoms with Gasteiger partial charge in [-0.25, -0.2) is 0 Å². The molecule has 176 valence electrons. The number of ether oxygens (including phenoxy) is 2. The second-order valence-corrected chi connectivity index (χ2v) is 8.73. The Kier molecular flexibility index (Phi) is 11.2. The number of halogens is 1. The van der Waals surface area contributed by atoms with Crippen LogP contribution in [0.25, 0.3) is 0 Å². The number of hydrogen-bond donors (Lipinski definition) is 2. The second kappa shape index (κ2) is 13.4. The van der Waals surface area contributed by atoms with Gasteiger partial charge in [0.25, 0.3) is 0 Å². The normalized spacial score (nSPS) is 20.4. The molecule has 1 atom stereocenters. The molecule has 0 spiro atoms. The molecule has 6 nitrogen and oxygen atoms in total. The van der Waals surface area contributed by atoms with Crippen molar-refractivity contribution >= 4 is 35.6 Å². The zero-order valence-electron chi connectivity index (χ0n) is 19.5. The van der Waals surface area contributed by atoms with Gasteiger partial charge in [0.1, 0.15) is 5.75 Å². The molecule has 0 bridgehead atoms. The quantitative estimate of drug-likeness (QED) is 0.199. The van der Waals surface area contributed by atoms with E-state index < -0.39 is 0 Å². The molecule has 0 radical (unpaired) electrons. The molecule has 1 saturated heterocycles. The van der Waals surface area contributed by atoms with Crippen LogP contribution in [-0.4, -0.2) is 59.5 Å². The van der Waals surface area contributed by atoms with Crippen molar-refractivity contribution < 1.29 is 9.47 Å². The molecular weight excluding hydrogens is 503 g/mol. The number of nitrogens with one attached hydrogen (secondary N) is 2. The standard InChI is InChI=1S/C24H40N4O2.HI/c1-4-30-16-14-24(12-7-8-13-24)19-27-23(25-2)26-17-20-11-15-28(18-20)21-9-5-6-10-22(21)29-3;/h5-6,9-10,20H,4,7-8,11-19H2,1-3H3,(H2,25,26,27);1H. The highest BCUT2D eigenvalue weighted by atomic mass is 127. The maximum atomic E-state index is 5.64. The van der Waals surface area contributed by atoms with Crippen LogP contribution in [0.3, 0.4) is 0 Å². The molecule has 1 aromatic carbocycles. The van der Waals surface area contributed by atoms with Gasteiger partial charge in [0.15, 0.2) is 5.96 Å². The molecule has 3 rings (SSSR count). The van der Waals surface area contributed by atoms with Gasteiger partial charge in [0.05, 0.1) is 12.8 Å². The molecular formula is C24H41IN4O2. The molecule has 2 N–H and O–H groups in total. The van der Waals surface area contributed by atoms with E-state index in [1.54, 1.807) is 7.11 Å². The fourth-order valence-electron chi connectivity index (χ4n) is 4.92. The van der Waals surface area contributed by atoms with Crippen LogP contribution < -0.4 is 20.3 Å². The molecule has 1 aliphatic heterocycles. The van der Waals surface area contributed by atoms with Crippen molar-refractivity contribution in [3.8, 4) is 5.75 Å². The largest absolute Gasteiger partial charge is 0.495 e. The number of methoxy groups -OCH3 is 1. The van der Waals surface area contributed by atoms with Crippen LogP contribution in [0.5, 0.6) is 5.75 Å². The number of benzene rings is 1. The summed E-state index contributed by atoms with van der Waals surface area (Å²) in [6, 6.07) is 8.30. The van der Waals surface area contributed by atoms with Crippen LogP contribution >= 0.6 is 24.0 Å². The highest BCUT2D eigenvalue weighted by Crippen LogP contribution is 2.40. The van der Waals surface area contributed by atoms with Crippen LogP contribution in [0.2, 0.25) is 0 Å². The smallest absolute Gasteiger partial charge is 0.191 e. The van der Waals surface area contributed by atoms with Crippen molar-refractivity contribution in [2.24, 2.45) is 16.3 Å². The third-order valence-electron chi connectivity index (χ3n) is 6.77. The van der Waals surface area contributed by atoms with E-state index in [1.165, 1.54) is 37.8 Å². The summed E-state index contributed by atoms with van der Waals surface area (Å²) in [5.74, 6) is 2.48. The van der Waals surface area contributed by atoms with E-state index in [0.29, 0.717) is 11.3 Å². The minimum atomic E-state index is 0. The van der Waals surface area contributed by atoms with Crippen LogP contribution in [0.4, 0.5) is 5.69 Å². The lowest BCUT2D eigenvalue weighted by atomic mass is 9.83. The van der Waals surface area contributed by atoms with Gasteiger partial charge in [0, 0.05) is 46.4 Å². The van der Waals surface area contributed by atoms with E-state index in [-0.39, 0.29) is 24.0 Å². The van der Waals surface area contributed by atoms with Gasteiger partial charge < -0.3 is 25.0 Å². The highest BCUT2D eigenvalue weighted by molar-refractivity contribution is 14.0. The topological polar surface area (TPSA) is 58.1 Å². The van der Waals surface area contributed by atoms with Crippen molar-refractivity contribution in [2.45, 2.75) is 45.4 Å². The minimum Gasteiger partial charge on any atom is -0.495 e. The summed E-state index contributed by atoms with van der Waals surface area (Å²) in [6.45, 7) is 7.78. The van der Waals surface area contributed by atoms with Gasteiger partial charge in [-0.05, 0) is 56.1 Å². The Morgan fingerprint density at radius 1 is 1.23 bits per heavy atom. The summed E-state index contributed by atoms with van der Waals surface area (Å²) in [4.78, 5) is 6.90. The average Bonchev–Trinajstić information content (AvgIpc) is 3.44. The first kappa shape index (κ1) is 26.0. The first-order valence-corrected chi connectivity index (χ1v) is 11.6. The molecule has 1 aromatic rings. The number of guanidine groups is 1. The molecule has 31 heavy (non-hydrogen) atoms. The number of anilines is 1. The van der Waals surface area contributed by atoms with E-state index in [4.69, 9.17) is 9.47 Å². The fraction of sp³-hybridized carbons (Fsp3) is 0.708. The van der Waals surface area contributed by atoms with Crippen molar-refractivity contribution in [1.29, 1.82) is 0 Å². The van der Waals surface area contributed by atoms with Crippen LogP contribution in [0.1, 0.15) is 45.4 Å². The van der Waals surface area contributed by atoms with Crippen LogP contribution in [0.15, 0.2) is 29.3 Å². The maximum absolute atomic E-state index is 5.64. The Balaban J connectivity index is 0.00000341. The number of para-hydroxylation sites is 2. The summed E-state index contributed by atoms with van der Waals surface area (Å²) < 4.78 is 11.2. The van der Waals surface area contributed by atoms with E-state index >= 15 is 0 Å². The van der Waals surface area contributed by atoms with Gasteiger partial charge in [-0.3, -0.25) is 4.99 Å². The number of hydrogen-bond acceptors (Lipinski definition) is 4. The van der Waals surface area contributed by atoms with Gasteiger partial charge in [0.2, 0.25) is 0 Å².